The van der Waals surface area contributed by atoms with Crippen LogP contribution in [0, 0.1) is 0 Å². The van der Waals surface area contributed by atoms with Crippen molar-refractivity contribution in [1.82, 2.24) is 10.3 Å². The topological polar surface area (TPSA) is 98.2 Å². The van der Waals surface area contributed by atoms with Crippen molar-refractivity contribution < 1.29 is 9.22 Å². The van der Waals surface area contributed by atoms with E-state index in [0.29, 0.717) is 17.2 Å². The van der Waals surface area contributed by atoms with Gasteiger partial charge in [-0.3, -0.25) is 0 Å². The summed E-state index contributed by atoms with van der Waals surface area (Å²) >= 11 is 0. The lowest BCUT2D eigenvalue weighted by molar-refractivity contribution is -0.915. The van der Waals surface area contributed by atoms with Crippen molar-refractivity contribution in [2.24, 2.45) is 0 Å². The van der Waals surface area contributed by atoms with Gasteiger partial charge in [-0.2, -0.15) is 0 Å². The Balaban J connectivity index is 1.59. The maximum absolute atomic E-state index is 5.84. The molecular weight excluding hydrogens is 268 g/mol. The lowest BCUT2D eigenvalue weighted by Crippen LogP contribution is -2.54. The van der Waals surface area contributed by atoms with Gasteiger partial charge in [0.2, 0.25) is 0 Å². The van der Waals surface area contributed by atoms with Crippen LogP contribution in [0.2, 0.25) is 0 Å². The SMILES string of the molecule is C[N+]1(CCNCCNc2ncc(N)cc2N)CCOCC1. The molecule has 0 amide bonds. The van der Waals surface area contributed by atoms with Crippen molar-refractivity contribution in [2.75, 3.05) is 76.3 Å². The standard InChI is InChI=1S/C14H27N6O/c1-20(6-8-21-9-7-20)5-4-17-2-3-18-14-13(16)10-12(15)11-19-14/h10-11,17H,2-9,15-16H2,1H3,(H,18,19)/q+1. The van der Waals surface area contributed by atoms with Gasteiger partial charge in [0.25, 0.3) is 0 Å². The summed E-state index contributed by atoms with van der Waals surface area (Å²) in [4.78, 5) is 4.17. The lowest BCUT2D eigenvalue weighted by atomic mass is 10.3. The first-order chi connectivity index (χ1) is 10.1. The smallest absolute Gasteiger partial charge is 0.149 e. The van der Waals surface area contributed by atoms with Crippen molar-refractivity contribution >= 4 is 17.2 Å². The number of quaternary nitrogens is 1. The van der Waals surface area contributed by atoms with Crippen molar-refractivity contribution in [1.29, 1.82) is 0 Å². The van der Waals surface area contributed by atoms with Crippen molar-refractivity contribution in [3.05, 3.63) is 12.3 Å². The van der Waals surface area contributed by atoms with E-state index in [0.717, 1.165) is 57.0 Å². The monoisotopic (exact) mass is 295 g/mol. The lowest BCUT2D eigenvalue weighted by Gasteiger charge is -2.37. The molecule has 1 saturated heterocycles. The number of rotatable bonds is 7. The third-order valence-electron chi connectivity index (χ3n) is 3.91. The van der Waals surface area contributed by atoms with Crippen LogP contribution < -0.4 is 22.1 Å². The maximum Gasteiger partial charge on any atom is 0.149 e. The minimum Gasteiger partial charge on any atom is -0.397 e. The Hall–Kier alpha value is -1.57. The number of nitrogens with two attached hydrogens (primary N) is 2. The fourth-order valence-electron chi connectivity index (χ4n) is 2.40. The second-order valence-corrected chi connectivity index (χ2v) is 5.79. The number of hydrogen-bond acceptors (Lipinski definition) is 6. The van der Waals surface area contributed by atoms with Crippen LogP contribution in [0.4, 0.5) is 17.2 Å². The third-order valence-corrected chi connectivity index (χ3v) is 3.91. The van der Waals surface area contributed by atoms with E-state index in [1.54, 1.807) is 12.3 Å². The zero-order valence-electron chi connectivity index (χ0n) is 12.8. The molecule has 0 spiro atoms. The van der Waals surface area contributed by atoms with Crippen LogP contribution in [0.25, 0.3) is 0 Å². The summed E-state index contributed by atoms with van der Waals surface area (Å²) in [5, 5.41) is 6.66. The minimum absolute atomic E-state index is 0.582. The number of pyridine rings is 1. The van der Waals surface area contributed by atoms with Gasteiger partial charge in [0.15, 0.2) is 0 Å². The molecule has 118 valence electrons. The van der Waals surface area contributed by atoms with Crippen LogP contribution >= 0.6 is 0 Å². The molecule has 0 unspecified atom stereocenters. The largest absolute Gasteiger partial charge is 0.397 e. The Morgan fingerprint density at radius 3 is 2.71 bits per heavy atom. The Labute approximate surface area is 126 Å². The fraction of sp³-hybridized carbons (Fsp3) is 0.643. The number of ether oxygens (including phenoxy) is 1. The summed E-state index contributed by atoms with van der Waals surface area (Å²) in [5.41, 5.74) is 12.6. The first-order valence-electron chi connectivity index (χ1n) is 7.46. The van der Waals surface area contributed by atoms with Crippen LogP contribution in [0.1, 0.15) is 0 Å². The Bertz CT molecular complexity index is 447. The molecule has 0 bridgehead atoms. The van der Waals surface area contributed by atoms with Crippen molar-refractivity contribution in [2.45, 2.75) is 0 Å². The fourth-order valence-corrected chi connectivity index (χ4v) is 2.40. The van der Waals surface area contributed by atoms with Gasteiger partial charge in [-0.25, -0.2) is 4.98 Å². The molecule has 1 fully saturated rings. The van der Waals surface area contributed by atoms with E-state index in [2.05, 4.69) is 22.7 Å². The second-order valence-electron chi connectivity index (χ2n) is 5.79. The molecule has 1 aliphatic heterocycles. The van der Waals surface area contributed by atoms with Crippen LogP contribution in [-0.4, -0.2) is 69.0 Å². The number of nitrogens with zero attached hydrogens (tertiary/aromatic N) is 2. The van der Waals surface area contributed by atoms with Crippen LogP contribution in [0.15, 0.2) is 12.3 Å². The van der Waals surface area contributed by atoms with Gasteiger partial charge in [-0.05, 0) is 6.07 Å². The first kappa shape index (κ1) is 15.8. The number of nitrogen functional groups attached to an aromatic ring is 2. The number of anilines is 3. The molecular formula is C14H27N6O+. The van der Waals surface area contributed by atoms with E-state index in [1.165, 1.54) is 0 Å². The molecule has 0 atom stereocenters. The van der Waals surface area contributed by atoms with E-state index in [4.69, 9.17) is 16.2 Å². The first-order valence-corrected chi connectivity index (χ1v) is 7.46. The van der Waals surface area contributed by atoms with Crippen LogP contribution in [0.3, 0.4) is 0 Å². The molecule has 0 radical (unpaired) electrons. The minimum atomic E-state index is 0.582. The van der Waals surface area contributed by atoms with E-state index < -0.39 is 0 Å². The van der Waals surface area contributed by atoms with E-state index in [1.807, 2.05) is 0 Å². The summed E-state index contributed by atoms with van der Waals surface area (Å²) in [6, 6.07) is 1.71. The van der Waals surface area contributed by atoms with Crippen LogP contribution in [-0.2, 0) is 4.74 Å². The molecule has 2 heterocycles. The molecule has 21 heavy (non-hydrogen) atoms. The molecule has 7 nitrogen and oxygen atoms in total. The predicted molar refractivity (Wildman–Crippen MR) is 86.0 cm³/mol. The normalized spacial score (nSPS) is 17.6. The van der Waals surface area contributed by atoms with Gasteiger partial charge in [-0.1, -0.05) is 0 Å². The van der Waals surface area contributed by atoms with Gasteiger partial charge in [0.05, 0.1) is 44.4 Å². The van der Waals surface area contributed by atoms with Gasteiger partial charge in [0, 0.05) is 19.6 Å². The maximum atomic E-state index is 5.84. The number of nitrogens with one attached hydrogen (secondary N) is 2. The third kappa shape index (κ3) is 5.04. The number of likely N-dealkylation sites (N-methyl/N-ethyl adjacent to an activating group) is 1. The molecule has 0 saturated carbocycles. The molecule has 0 aromatic carbocycles. The quantitative estimate of drug-likeness (QED) is 0.408. The van der Waals surface area contributed by atoms with Gasteiger partial charge in [-0.15, -0.1) is 0 Å². The summed E-state index contributed by atoms with van der Waals surface area (Å²) in [5.74, 6) is 0.693. The zero-order valence-corrected chi connectivity index (χ0v) is 12.8. The molecule has 1 aromatic heterocycles. The van der Waals surface area contributed by atoms with Crippen LogP contribution in [0.5, 0.6) is 0 Å². The average Bonchev–Trinajstić information content (AvgIpc) is 2.45. The molecule has 0 aliphatic carbocycles. The summed E-state index contributed by atoms with van der Waals surface area (Å²) in [6.07, 6.45) is 1.61. The number of hydrogen-bond donors (Lipinski definition) is 4. The Morgan fingerprint density at radius 1 is 1.24 bits per heavy atom. The van der Waals surface area contributed by atoms with Gasteiger partial charge in [0.1, 0.15) is 18.9 Å². The number of aromatic nitrogens is 1. The van der Waals surface area contributed by atoms with E-state index in [9.17, 15) is 0 Å². The predicted octanol–water partition coefficient (Wildman–Crippen LogP) is -0.276. The summed E-state index contributed by atoms with van der Waals surface area (Å²) < 4.78 is 6.49. The summed E-state index contributed by atoms with van der Waals surface area (Å²) in [6.45, 7) is 7.75. The van der Waals surface area contributed by atoms with Gasteiger partial charge >= 0.3 is 0 Å². The number of morpholine rings is 1. The van der Waals surface area contributed by atoms with E-state index >= 15 is 0 Å². The zero-order chi connectivity index (χ0) is 15.1. The highest BCUT2D eigenvalue weighted by Crippen LogP contribution is 2.16. The molecule has 6 N–H and O–H groups in total. The highest BCUT2D eigenvalue weighted by Gasteiger charge is 2.24. The molecule has 1 aliphatic rings. The van der Waals surface area contributed by atoms with Gasteiger partial charge < -0.3 is 31.3 Å². The Morgan fingerprint density at radius 2 is 2.00 bits per heavy atom. The van der Waals surface area contributed by atoms with Crippen molar-refractivity contribution in [3.8, 4) is 0 Å². The highest BCUT2D eigenvalue weighted by molar-refractivity contribution is 5.65. The second kappa shape index (κ2) is 7.44. The molecule has 2 rings (SSSR count). The molecule has 1 aromatic rings. The highest BCUT2D eigenvalue weighted by atomic mass is 16.5. The Kier molecular flexibility index (Phi) is 5.60. The average molecular weight is 295 g/mol. The van der Waals surface area contributed by atoms with Crippen molar-refractivity contribution in [3.63, 3.8) is 0 Å². The van der Waals surface area contributed by atoms with E-state index in [-0.39, 0.29) is 0 Å². The summed E-state index contributed by atoms with van der Waals surface area (Å²) in [7, 11) is 2.29. The molecule has 7 heteroatoms.